The van der Waals surface area contributed by atoms with Crippen molar-refractivity contribution >= 4 is 35.7 Å². The minimum atomic E-state index is -1.09. The van der Waals surface area contributed by atoms with Crippen LogP contribution in [-0.2, 0) is 14.2 Å². The second-order valence-electron chi connectivity index (χ2n) is 7.49. The Bertz CT molecular complexity index is 741. The van der Waals surface area contributed by atoms with Crippen LogP contribution < -0.4 is 9.64 Å². The largest absolute Gasteiger partial charge is 0.480 e. The average molecular weight is 418 g/mol. The summed E-state index contributed by atoms with van der Waals surface area (Å²) in [5.74, 6) is -1.63. The number of rotatable bonds is 3. The lowest BCUT2D eigenvalue weighted by atomic mass is 10.2. The molecule has 28 heavy (non-hydrogen) atoms. The topological polar surface area (TPSA) is 117 Å². The SMILES string of the molecule is COC(=O)c1c(Cl)nc(N(C(=O)OC(C)(C)C)C(=O)OC(C)(C)C)nc1OC. The van der Waals surface area contributed by atoms with Crippen molar-refractivity contribution in [2.75, 3.05) is 19.1 Å². The van der Waals surface area contributed by atoms with Gasteiger partial charge in [-0.25, -0.2) is 14.4 Å². The number of hydrogen-bond donors (Lipinski definition) is 0. The Morgan fingerprint density at radius 1 is 0.893 bits per heavy atom. The fourth-order valence-electron chi connectivity index (χ4n) is 1.78. The molecule has 1 rings (SSSR count). The summed E-state index contributed by atoms with van der Waals surface area (Å²) in [5, 5.41) is -0.384. The summed E-state index contributed by atoms with van der Waals surface area (Å²) in [6, 6.07) is 0. The maximum absolute atomic E-state index is 12.6. The molecule has 1 heterocycles. The van der Waals surface area contributed by atoms with E-state index in [4.69, 9.17) is 25.8 Å². The Kier molecular flexibility index (Phi) is 7.19. The molecular weight excluding hydrogens is 394 g/mol. The number of ether oxygens (including phenoxy) is 4. The summed E-state index contributed by atoms with van der Waals surface area (Å²) in [5.41, 5.74) is -2.10. The predicted octanol–water partition coefficient (Wildman–Crippen LogP) is 3.60. The van der Waals surface area contributed by atoms with Crippen LogP contribution in [0, 0.1) is 0 Å². The molecule has 0 saturated carbocycles. The van der Waals surface area contributed by atoms with E-state index in [9.17, 15) is 14.4 Å². The molecule has 1 aromatic rings. The van der Waals surface area contributed by atoms with Gasteiger partial charge in [-0.1, -0.05) is 11.6 Å². The molecule has 0 saturated heterocycles. The standard InChI is InChI=1S/C17H24ClN3O7/c1-16(2,3)27-14(23)21(15(24)28-17(4,5)6)13-19-10(18)9(12(22)26-8)11(20-13)25-7/h1-8H3. The Balaban J connectivity index is 3.52. The number of hydrogen-bond acceptors (Lipinski definition) is 9. The number of aromatic nitrogens is 2. The van der Waals surface area contributed by atoms with Gasteiger partial charge >= 0.3 is 18.2 Å². The maximum atomic E-state index is 12.6. The van der Waals surface area contributed by atoms with Gasteiger partial charge in [0.1, 0.15) is 11.2 Å². The molecule has 11 heteroatoms. The first kappa shape index (κ1) is 23.4. The number of carbonyl (C=O) groups excluding carboxylic acids is 3. The number of esters is 1. The molecule has 10 nitrogen and oxygen atoms in total. The summed E-state index contributed by atoms with van der Waals surface area (Å²) in [4.78, 5) is 45.4. The Morgan fingerprint density at radius 3 is 1.71 bits per heavy atom. The molecular formula is C17H24ClN3O7. The van der Waals surface area contributed by atoms with Crippen LogP contribution in [0.1, 0.15) is 51.9 Å². The monoisotopic (exact) mass is 417 g/mol. The quantitative estimate of drug-likeness (QED) is 0.412. The van der Waals surface area contributed by atoms with Gasteiger partial charge in [0, 0.05) is 0 Å². The number of imide groups is 1. The summed E-state index contributed by atoms with van der Waals surface area (Å²) in [6.07, 6.45) is -2.18. The third kappa shape index (κ3) is 6.22. The minimum Gasteiger partial charge on any atom is -0.480 e. The van der Waals surface area contributed by atoms with Crippen molar-refractivity contribution in [2.45, 2.75) is 52.7 Å². The van der Waals surface area contributed by atoms with Crippen LogP contribution >= 0.6 is 11.6 Å². The van der Waals surface area contributed by atoms with Crippen LogP contribution in [0.4, 0.5) is 15.5 Å². The van der Waals surface area contributed by atoms with Gasteiger partial charge in [-0.15, -0.1) is 4.90 Å². The van der Waals surface area contributed by atoms with Crippen molar-refractivity contribution in [3.63, 3.8) is 0 Å². The molecule has 0 aliphatic rings. The second-order valence-corrected chi connectivity index (χ2v) is 7.84. The van der Waals surface area contributed by atoms with Gasteiger partial charge < -0.3 is 18.9 Å². The highest BCUT2D eigenvalue weighted by molar-refractivity contribution is 6.33. The Morgan fingerprint density at radius 2 is 1.36 bits per heavy atom. The van der Waals surface area contributed by atoms with E-state index in [1.165, 1.54) is 7.11 Å². The first-order valence-corrected chi connectivity index (χ1v) is 8.54. The van der Waals surface area contributed by atoms with Gasteiger partial charge in [-0.3, -0.25) is 0 Å². The van der Waals surface area contributed by atoms with Gasteiger partial charge in [0.25, 0.3) is 0 Å². The molecule has 0 fully saturated rings. The first-order valence-electron chi connectivity index (χ1n) is 8.16. The zero-order valence-corrected chi connectivity index (χ0v) is 17.8. The molecule has 0 atom stereocenters. The molecule has 1 aromatic heterocycles. The van der Waals surface area contributed by atoms with Crippen molar-refractivity contribution in [1.29, 1.82) is 0 Å². The highest BCUT2D eigenvalue weighted by Crippen LogP contribution is 2.28. The van der Waals surface area contributed by atoms with E-state index < -0.39 is 35.3 Å². The number of carbonyl (C=O) groups is 3. The lowest BCUT2D eigenvalue weighted by molar-refractivity contribution is 0.0426. The zero-order valence-electron chi connectivity index (χ0n) is 17.1. The van der Waals surface area contributed by atoms with E-state index in [1.807, 2.05) is 0 Å². The van der Waals surface area contributed by atoms with E-state index >= 15 is 0 Å². The van der Waals surface area contributed by atoms with Crippen LogP contribution in [0.3, 0.4) is 0 Å². The lowest BCUT2D eigenvalue weighted by Crippen LogP contribution is -2.44. The van der Waals surface area contributed by atoms with Crippen LogP contribution in [0.2, 0.25) is 5.15 Å². The first-order chi connectivity index (χ1) is 12.7. The highest BCUT2D eigenvalue weighted by atomic mass is 35.5. The molecule has 0 N–H and O–H groups in total. The van der Waals surface area contributed by atoms with E-state index in [0.717, 1.165) is 7.11 Å². The molecule has 0 radical (unpaired) electrons. The molecule has 0 aliphatic heterocycles. The van der Waals surface area contributed by atoms with Gasteiger partial charge in [-0.2, -0.15) is 9.97 Å². The molecule has 0 aromatic carbocycles. The summed E-state index contributed by atoms with van der Waals surface area (Å²) in [7, 11) is 2.36. The van der Waals surface area contributed by atoms with Crippen molar-refractivity contribution in [3.8, 4) is 5.88 Å². The normalized spacial score (nSPS) is 11.5. The van der Waals surface area contributed by atoms with E-state index in [-0.39, 0.29) is 16.6 Å². The maximum Gasteiger partial charge on any atom is 0.427 e. The molecule has 0 spiro atoms. The molecule has 2 amide bonds. The van der Waals surface area contributed by atoms with Crippen molar-refractivity contribution in [1.82, 2.24) is 9.97 Å². The average Bonchev–Trinajstić information content (AvgIpc) is 2.50. The number of methoxy groups -OCH3 is 2. The number of anilines is 1. The lowest BCUT2D eigenvalue weighted by Gasteiger charge is -2.27. The summed E-state index contributed by atoms with van der Waals surface area (Å²) < 4.78 is 20.1. The number of amides is 2. The Labute approximate surface area is 168 Å². The summed E-state index contributed by atoms with van der Waals surface area (Å²) in [6.45, 7) is 9.71. The molecule has 0 bridgehead atoms. The molecule has 0 unspecified atom stereocenters. The smallest absolute Gasteiger partial charge is 0.427 e. The fraction of sp³-hybridized carbons (Fsp3) is 0.588. The van der Waals surface area contributed by atoms with Crippen LogP contribution in [0.15, 0.2) is 0 Å². The van der Waals surface area contributed by atoms with E-state index in [2.05, 4.69) is 14.7 Å². The van der Waals surface area contributed by atoms with Crippen LogP contribution in [0.25, 0.3) is 0 Å². The van der Waals surface area contributed by atoms with Crippen molar-refractivity contribution in [2.24, 2.45) is 0 Å². The van der Waals surface area contributed by atoms with Crippen LogP contribution in [-0.4, -0.2) is 53.5 Å². The van der Waals surface area contributed by atoms with E-state index in [0.29, 0.717) is 4.90 Å². The van der Waals surface area contributed by atoms with Crippen molar-refractivity contribution < 1.29 is 33.3 Å². The van der Waals surface area contributed by atoms with Gasteiger partial charge in [0.05, 0.1) is 14.2 Å². The van der Waals surface area contributed by atoms with Gasteiger partial charge in [-0.05, 0) is 41.5 Å². The molecule has 156 valence electrons. The summed E-state index contributed by atoms with van der Waals surface area (Å²) >= 11 is 6.04. The third-order valence-corrected chi connectivity index (χ3v) is 3.03. The zero-order chi connectivity index (χ0) is 21.9. The fourth-order valence-corrected chi connectivity index (χ4v) is 2.01. The number of halogens is 1. The highest BCUT2D eigenvalue weighted by Gasteiger charge is 2.36. The predicted molar refractivity (Wildman–Crippen MR) is 99.9 cm³/mol. The van der Waals surface area contributed by atoms with Crippen molar-refractivity contribution in [3.05, 3.63) is 10.7 Å². The third-order valence-electron chi connectivity index (χ3n) is 2.75. The van der Waals surface area contributed by atoms with E-state index in [1.54, 1.807) is 41.5 Å². The van der Waals surface area contributed by atoms with Gasteiger partial charge in [0.2, 0.25) is 11.8 Å². The molecule has 0 aliphatic carbocycles. The Hall–Kier alpha value is -2.62. The second kappa shape index (κ2) is 8.59. The van der Waals surface area contributed by atoms with Crippen LogP contribution in [0.5, 0.6) is 5.88 Å². The number of nitrogens with zero attached hydrogens (tertiary/aromatic N) is 3. The van der Waals surface area contributed by atoms with Gasteiger partial charge in [0.15, 0.2) is 10.7 Å². The minimum absolute atomic E-state index is 0.260.